The molecule has 0 aliphatic carbocycles. The van der Waals surface area contributed by atoms with Crippen LogP contribution in [0.5, 0.6) is 0 Å². The van der Waals surface area contributed by atoms with Gasteiger partial charge < -0.3 is 20.4 Å². The maximum absolute atomic E-state index is 5.37. The van der Waals surface area contributed by atoms with Crippen LogP contribution in [0.4, 0.5) is 17.5 Å². The Bertz CT molecular complexity index is 814. The van der Waals surface area contributed by atoms with Crippen LogP contribution in [-0.4, -0.2) is 64.2 Å². The fourth-order valence-corrected chi connectivity index (χ4v) is 2.81. The van der Waals surface area contributed by atoms with Gasteiger partial charge in [-0.1, -0.05) is 18.2 Å². The molecule has 3 N–H and O–H groups in total. The second kappa shape index (κ2) is 7.45. The van der Waals surface area contributed by atoms with Gasteiger partial charge in [0.2, 0.25) is 5.95 Å². The largest absolute Gasteiger partial charge is 0.379 e. The summed E-state index contributed by atoms with van der Waals surface area (Å²) in [7, 11) is 0. The van der Waals surface area contributed by atoms with Gasteiger partial charge in [-0.05, 0) is 12.1 Å². The van der Waals surface area contributed by atoms with Crippen molar-refractivity contribution < 1.29 is 4.74 Å². The number of morpholine rings is 1. The van der Waals surface area contributed by atoms with E-state index in [1.807, 2.05) is 30.3 Å². The molecule has 1 aromatic carbocycles. The zero-order valence-corrected chi connectivity index (χ0v) is 13.9. The topological polar surface area (TPSA) is 91.0 Å². The Morgan fingerprint density at radius 1 is 1.12 bits per heavy atom. The average molecular weight is 339 g/mol. The summed E-state index contributed by atoms with van der Waals surface area (Å²) in [5.41, 5.74) is 2.40. The number of imidazole rings is 1. The van der Waals surface area contributed by atoms with Crippen LogP contribution in [0.3, 0.4) is 0 Å². The number of aromatic amines is 1. The van der Waals surface area contributed by atoms with Gasteiger partial charge in [0.15, 0.2) is 11.5 Å². The molecule has 3 heterocycles. The van der Waals surface area contributed by atoms with Crippen LogP contribution in [-0.2, 0) is 4.74 Å². The minimum absolute atomic E-state index is 0.575. The molecular formula is C17H21N7O. The third-order valence-electron chi connectivity index (χ3n) is 4.14. The average Bonchev–Trinajstić information content (AvgIpc) is 3.12. The molecule has 3 aromatic rings. The van der Waals surface area contributed by atoms with Gasteiger partial charge in [-0.25, -0.2) is 4.98 Å². The molecule has 0 unspecified atom stereocenters. The molecule has 130 valence electrons. The molecule has 0 amide bonds. The van der Waals surface area contributed by atoms with Gasteiger partial charge in [0.25, 0.3) is 0 Å². The van der Waals surface area contributed by atoms with Crippen LogP contribution < -0.4 is 10.6 Å². The van der Waals surface area contributed by atoms with Crippen LogP contribution in [0.25, 0.3) is 11.2 Å². The molecule has 0 bridgehead atoms. The van der Waals surface area contributed by atoms with E-state index in [0.717, 1.165) is 50.6 Å². The minimum Gasteiger partial charge on any atom is -0.379 e. The number of nitrogens with zero attached hydrogens (tertiary/aromatic N) is 4. The molecule has 0 saturated carbocycles. The van der Waals surface area contributed by atoms with Gasteiger partial charge >= 0.3 is 0 Å². The molecule has 1 aliphatic heterocycles. The second-order valence-electron chi connectivity index (χ2n) is 5.87. The lowest BCUT2D eigenvalue weighted by atomic mass is 10.3. The summed E-state index contributed by atoms with van der Waals surface area (Å²) in [5, 5.41) is 6.63. The first-order valence-electron chi connectivity index (χ1n) is 8.46. The molecule has 25 heavy (non-hydrogen) atoms. The number of hydrogen-bond donors (Lipinski definition) is 3. The SMILES string of the molecule is c1ccc(Nc2nc(NCCN3CCOCC3)nc3nc[nH]c23)cc1. The zero-order chi connectivity index (χ0) is 16.9. The first kappa shape index (κ1) is 15.8. The number of anilines is 3. The van der Waals surface area contributed by atoms with Gasteiger partial charge in [-0.15, -0.1) is 0 Å². The number of H-pyrrole nitrogens is 1. The summed E-state index contributed by atoms with van der Waals surface area (Å²) in [6.07, 6.45) is 1.63. The summed E-state index contributed by atoms with van der Waals surface area (Å²) in [6.45, 7) is 5.28. The molecule has 8 nitrogen and oxygen atoms in total. The number of para-hydroxylation sites is 1. The number of hydrogen-bond acceptors (Lipinski definition) is 7. The van der Waals surface area contributed by atoms with E-state index >= 15 is 0 Å². The summed E-state index contributed by atoms with van der Waals surface area (Å²) >= 11 is 0. The first-order valence-corrected chi connectivity index (χ1v) is 8.46. The highest BCUT2D eigenvalue weighted by atomic mass is 16.5. The van der Waals surface area contributed by atoms with E-state index in [1.165, 1.54) is 0 Å². The van der Waals surface area contributed by atoms with Gasteiger partial charge in [0.1, 0.15) is 5.52 Å². The molecule has 2 aromatic heterocycles. The van der Waals surface area contributed by atoms with E-state index in [0.29, 0.717) is 17.4 Å². The van der Waals surface area contributed by atoms with Gasteiger partial charge in [0.05, 0.1) is 19.5 Å². The van der Waals surface area contributed by atoms with Gasteiger partial charge in [-0.3, -0.25) is 4.90 Å². The van der Waals surface area contributed by atoms with Crippen molar-refractivity contribution in [2.75, 3.05) is 50.0 Å². The Labute approximate surface area is 145 Å². The highest BCUT2D eigenvalue weighted by Gasteiger charge is 2.12. The third kappa shape index (κ3) is 3.86. The monoisotopic (exact) mass is 339 g/mol. The number of aromatic nitrogens is 4. The molecule has 1 aliphatic rings. The Hall–Kier alpha value is -2.71. The Morgan fingerprint density at radius 2 is 1.96 bits per heavy atom. The van der Waals surface area contributed by atoms with Crippen molar-refractivity contribution in [3.8, 4) is 0 Å². The minimum atomic E-state index is 0.575. The lowest BCUT2D eigenvalue weighted by Gasteiger charge is -2.26. The van der Waals surface area contributed by atoms with Crippen molar-refractivity contribution in [3.63, 3.8) is 0 Å². The number of fused-ring (bicyclic) bond motifs is 1. The Kier molecular flexibility index (Phi) is 4.71. The van der Waals surface area contributed by atoms with E-state index in [4.69, 9.17) is 4.74 Å². The number of benzene rings is 1. The molecular weight excluding hydrogens is 318 g/mol. The summed E-state index contributed by atoms with van der Waals surface area (Å²) in [4.78, 5) is 18.8. The Balaban J connectivity index is 1.47. The van der Waals surface area contributed by atoms with Gasteiger partial charge in [-0.2, -0.15) is 9.97 Å². The fourth-order valence-electron chi connectivity index (χ4n) is 2.81. The summed E-state index contributed by atoms with van der Waals surface area (Å²) in [5.74, 6) is 1.29. The van der Waals surface area contributed by atoms with Crippen LogP contribution in [0.15, 0.2) is 36.7 Å². The summed E-state index contributed by atoms with van der Waals surface area (Å²) in [6, 6.07) is 9.94. The van der Waals surface area contributed by atoms with Crippen molar-refractivity contribution in [3.05, 3.63) is 36.7 Å². The standard InChI is InChI=1S/C17H21N7O/c1-2-4-13(5-3-1)21-16-14-15(20-12-19-14)22-17(23-16)18-6-7-24-8-10-25-11-9-24/h1-5,12H,6-11H2,(H3,18,19,20,21,22,23). The molecule has 8 heteroatoms. The molecule has 0 atom stereocenters. The van der Waals surface area contributed by atoms with Crippen molar-refractivity contribution >= 4 is 28.6 Å². The molecule has 1 saturated heterocycles. The molecule has 0 radical (unpaired) electrons. The lowest BCUT2D eigenvalue weighted by Crippen LogP contribution is -2.39. The quantitative estimate of drug-likeness (QED) is 0.631. The van der Waals surface area contributed by atoms with Crippen molar-refractivity contribution in [1.29, 1.82) is 0 Å². The maximum Gasteiger partial charge on any atom is 0.226 e. The van der Waals surface area contributed by atoms with E-state index in [9.17, 15) is 0 Å². The number of ether oxygens (including phenoxy) is 1. The predicted molar refractivity (Wildman–Crippen MR) is 97.2 cm³/mol. The van der Waals surface area contributed by atoms with E-state index in [-0.39, 0.29) is 0 Å². The maximum atomic E-state index is 5.37. The van der Waals surface area contributed by atoms with Crippen molar-refractivity contribution in [2.45, 2.75) is 0 Å². The first-order chi connectivity index (χ1) is 12.4. The van der Waals surface area contributed by atoms with Crippen LogP contribution >= 0.6 is 0 Å². The van der Waals surface area contributed by atoms with Crippen LogP contribution in [0, 0.1) is 0 Å². The lowest BCUT2D eigenvalue weighted by molar-refractivity contribution is 0.0398. The van der Waals surface area contributed by atoms with E-state index < -0.39 is 0 Å². The van der Waals surface area contributed by atoms with Crippen LogP contribution in [0.2, 0.25) is 0 Å². The van der Waals surface area contributed by atoms with Gasteiger partial charge in [0, 0.05) is 31.9 Å². The van der Waals surface area contributed by atoms with Crippen molar-refractivity contribution in [2.24, 2.45) is 0 Å². The van der Waals surface area contributed by atoms with Crippen LogP contribution in [0.1, 0.15) is 0 Å². The zero-order valence-electron chi connectivity index (χ0n) is 13.9. The second-order valence-corrected chi connectivity index (χ2v) is 5.87. The normalized spacial score (nSPS) is 15.4. The summed E-state index contributed by atoms with van der Waals surface area (Å²) < 4.78 is 5.37. The smallest absolute Gasteiger partial charge is 0.226 e. The van der Waals surface area contributed by atoms with E-state index in [2.05, 4.69) is 35.5 Å². The highest BCUT2D eigenvalue weighted by molar-refractivity contribution is 5.85. The molecule has 0 spiro atoms. The predicted octanol–water partition coefficient (Wildman–Crippen LogP) is 1.84. The molecule has 1 fully saturated rings. The Morgan fingerprint density at radius 3 is 2.80 bits per heavy atom. The number of rotatable bonds is 6. The highest BCUT2D eigenvalue weighted by Crippen LogP contribution is 2.22. The van der Waals surface area contributed by atoms with Crippen molar-refractivity contribution in [1.82, 2.24) is 24.8 Å². The third-order valence-corrected chi connectivity index (χ3v) is 4.14. The van der Waals surface area contributed by atoms with E-state index in [1.54, 1.807) is 6.33 Å². The fraction of sp³-hybridized carbons (Fsp3) is 0.353. The number of nitrogens with one attached hydrogen (secondary N) is 3. The molecule has 4 rings (SSSR count).